The van der Waals surface area contributed by atoms with Crippen molar-refractivity contribution < 1.29 is 19.1 Å². The van der Waals surface area contributed by atoms with E-state index in [9.17, 15) is 9.59 Å². The third-order valence-corrected chi connectivity index (χ3v) is 3.16. The fraction of sp³-hybridized carbons (Fsp3) is 0.818. The van der Waals surface area contributed by atoms with Gasteiger partial charge in [0.2, 0.25) is 6.29 Å². The molecule has 3 atom stereocenters. The molecule has 1 aliphatic rings. The van der Waals surface area contributed by atoms with Crippen LogP contribution < -0.4 is 0 Å². The molecule has 0 aromatic carbocycles. The van der Waals surface area contributed by atoms with Crippen LogP contribution in [0.3, 0.4) is 0 Å². The van der Waals surface area contributed by atoms with Crippen LogP contribution in [0.15, 0.2) is 0 Å². The molecule has 0 aromatic heterocycles. The van der Waals surface area contributed by atoms with Crippen molar-refractivity contribution in [1.82, 2.24) is 0 Å². The molecule has 0 heterocycles. The van der Waals surface area contributed by atoms with E-state index in [2.05, 4.69) is 0 Å². The second-order valence-corrected chi connectivity index (χ2v) is 4.47. The second kappa shape index (κ2) is 4.31. The van der Waals surface area contributed by atoms with Gasteiger partial charge >= 0.3 is 5.97 Å². The standard InChI is InChI=1S/C11H18O4/c1-5-8(14-4)15-10(13)9-7(6-12)11(9,2)3/h6-9H,5H2,1-4H3. The molecule has 0 radical (unpaired) electrons. The van der Waals surface area contributed by atoms with Gasteiger partial charge in [-0.3, -0.25) is 4.79 Å². The van der Waals surface area contributed by atoms with Gasteiger partial charge in [-0.25, -0.2) is 0 Å². The molecule has 15 heavy (non-hydrogen) atoms. The Hall–Kier alpha value is -0.900. The van der Waals surface area contributed by atoms with Crippen LogP contribution in [0.1, 0.15) is 27.2 Å². The molecule has 86 valence electrons. The number of esters is 1. The number of hydrogen-bond donors (Lipinski definition) is 0. The van der Waals surface area contributed by atoms with Crippen LogP contribution >= 0.6 is 0 Å². The summed E-state index contributed by atoms with van der Waals surface area (Å²) in [7, 11) is 1.50. The second-order valence-electron chi connectivity index (χ2n) is 4.47. The molecule has 4 nitrogen and oxygen atoms in total. The lowest BCUT2D eigenvalue weighted by atomic mass is 10.1. The van der Waals surface area contributed by atoms with E-state index in [1.807, 2.05) is 20.8 Å². The van der Waals surface area contributed by atoms with E-state index < -0.39 is 6.29 Å². The third kappa shape index (κ3) is 2.20. The highest BCUT2D eigenvalue weighted by Gasteiger charge is 2.63. The highest BCUT2D eigenvalue weighted by Crippen LogP contribution is 2.57. The fourth-order valence-corrected chi connectivity index (χ4v) is 1.88. The first-order chi connectivity index (χ1) is 6.98. The number of aldehydes is 1. The Morgan fingerprint density at radius 3 is 2.47 bits per heavy atom. The zero-order valence-electron chi connectivity index (χ0n) is 9.65. The van der Waals surface area contributed by atoms with Crippen molar-refractivity contribution in [2.75, 3.05) is 7.11 Å². The summed E-state index contributed by atoms with van der Waals surface area (Å²) in [5.41, 5.74) is -0.259. The van der Waals surface area contributed by atoms with Crippen LogP contribution in [0.4, 0.5) is 0 Å². The lowest BCUT2D eigenvalue weighted by Gasteiger charge is -2.14. The maximum Gasteiger partial charge on any atom is 0.312 e. The molecule has 4 heteroatoms. The van der Waals surface area contributed by atoms with Crippen molar-refractivity contribution in [3.63, 3.8) is 0 Å². The Morgan fingerprint density at radius 2 is 2.13 bits per heavy atom. The van der Waals surface area contributed by atoms with E-state index >= 15 is 0 Å². The van der Waals surface area contributed by atoms with Crippen molar-refractivity contribution in [2.45, 2.75) is 33.5 Å². The first kappa shape index (κ1) is 12.2. The van der Waals surface area contributed by atoms with Crippen LogP contribution in [0.25, 0.3) is 0 Å². The average Bonchev–Trinajstić information content (AvgIpc) is 2.76. The molecule has 0 bridgehead atoms. The summed E-state index contributed by atoms with van der Waals surface area (Å²) in [6.07, 6.45) is 0.946. The van der Waals surface area contributed by atoms with Gasteiger partial charge in [-0.15, -0.1) is 0 Å². The SMILES string of the molecule is CCC(OC)OC(=O)C1C(C=O)C1(C)C. The van der Waals surface area contributed by atoms with Gasteiger partial charge in [0.25, 0.3) is 0 Å². The third-order valence-electron chi connectivity index (χ3n) is 3.16. The number of hydrogen-bond acceptors (Lipinski definition) is 4. The quantitative estimate of drug-likeness (QED) is 0.394. The Balaban J connectivity index is 2.53. The summed E-state index contributed by atoms with van der Waals surface area (Å²) in [6, 6.07) is 0. The summed E-state index contributed by atoms with van der Waals surface area (Å²) in [6.45, 7) is 5.66. The van der Waals surface area contributed by atoms with Crippen LogP contribution in [-0.4, -0.2) is 25.7 Å². The summed E-state index contributed by atoms with van der Waals surface area (Å²) in [5, 5.41) is 0. The minimum Gasteiger partial charge on any atom is -0.436 e. The van der Waals surface area contributed by atoms with Gasteiger partial charge in [0, 0.05) is 19.4 Å². The molecule has 1 saturated carbocycles. The smallest absolute Gasteiger partial charge is 0.312 e. The molecule has 0 amide bonds. The van der Waals surface area contributed by atoms with Crippen molar-refractivity contribution in [3.8, 4) is 0 Å². The van der Waals surface area contributed by atoms with Crippen molar-refractivity contribution >= 4 is 12.3 Å². The fourth-order valence-electron chi connectivity index (χ4n) is 1.88. The zero-order valence-corrected chi connectivity index (χ0v) is 9.65. The summed E-state index contributed by atoms with van der Waals surface area (Å²) in [4.78, 5) is 22.3. The van der Waals surface area contributed by atoms with Gasteiger partial charge in [0.15, 0.2) is 0 Å². The Labute approximate surface area is 89.9 Å². The maximum atomic E-state index is 11.7. The van der Waals surface area contributed by atoms with Gasteiger partial charge in [0.05, 0.1) is 5.92 Å². The van der Waals surface area contributed by atoms with Gasteiger partial charge in [0.1, 0.15) is 6.29 Å². The van der Waals surface area contributed by atoms with Crippen LogP contribution in [0.2, 0.25) is 0 Å². The highest BCUT2D eigenvalue weighted by molar-refractivity contribution is 5.84. The molecule has 1 fully saturated rings. The summed E-state index contributed by atoms with van der Waals surface area (Å²) >= 11 is 0. The average molecular weight is 214 g/mol. The van der Waals surface area contributed by atoms with E-state index in [0.29, 0.717) is 6.42 Å². The van der Waals surface area contributed by atoms with Gasteiger partial charge in [-0.1, -0.05) is 20.8 Å². The molecular weight excluding hydrogens is 196 g/mol. The molecule has 0 spiro atoms. The predicted octanol–water partition coefficient (Wildman–Crippen LogP) is 1.38. The molecule has 1 rings (SSSR count). The largest absolute Gasteiger partial charge is 0.436 e. The predicted molar refractivity (Wildman–Crippen MR) is 54.0 cm³/mol. The van der Waals surface area contributed by atoms with E-state index in [4.69, 9.17) is 9.47 Å². The molecule has 0 saturated heterocycles. The van der Waals surface area contributed by atoms with Gasteiger partial charge in [-0.2, -0.15) is 0 Å². The highest BCUT2D eigenvalue weighted by atomic mass is 16.7. The first-order valence-corrected chi connectivity index (χ1v) is 5.17. The van der Waals surface area contributed by atoms with Gasteiger partial charge < -0.3 is 14.3 Å². The van der Waals surface area contributed by atoms with Crippen molar-refractivity contribution in [1.29, 1.82) is 0 Å². The number of carbonyl (C=O) groups is 2. The number of carbonyl (C=O) groups excluding carboxylic acids is 2. The molecular formula is C11H18O4. The molecule has 1 aliphatic carbocycles. The minimum absolute atomic E-state index is 0.209. The van der Waals surface area contributed by atoms with Crippen molar-refractivity contribution in [3.05, 3.63) is 0 Å². The van der Waals surface area contributed by atoms with E-state index in [1.54, 1.807) is 0 Å². The zero-order chi connectivity index (χ0) is 11.6. The Kier molecular flexibility index (Phi) is 3.50. The molecule has 3 unspecified atom stereocenters. The van der Waals surface area contributed by atoms with E-state index in [0.717, 1.165) is 6.29 Å². The lowest BCUT2D eigenvalue weighted by molar-refractivity contribution is -0.176. The van der Waals surface area contributed by atoms with Crippen LogP contribution in [0, 0.1) is 17.3 Å². The normalized spacial score (nSPS) is 29.3. The monoisotopic (exact) mass is 214 g/mol. The summed E-state index contributed by atoms with van der Waals surface area (Å²) in [5.74, 6) is -0.843. The molecule has 0 N–H and O–H groups in total. The minimum atomic E-state index is -0.499. The topological polar surface area (TPSA) is 52.6 Å². The van der Waals surface area contributed by atoms with E-state index in [-0.39, 0.29) is 23.2 Å². The number of rotatable bonds is 5. The van der Waals surface area contributed by atoms with Crippen LogP contribution in [0.5, 0.6) is 0 Å². The Bertz CT molecular complexity index is 255. The number of ether oxygens (including phenoxy) is 2. The number of methoxy groups -OCH3 is 1. The maximum absolute atomic E-state index is 11.7. The summed E-state index contributed by atoms with van der Waals surface area (Å²) < 4.78 is 10.1. The Morgan fingerprint density at radius 1 is 1.53 bits per heavy atom. The van der Waals surface area contributed by atoms with Crippen LogP contribution in [-0.2, 0) is 19.1 Å². The lowest BCUT2D eigenvalue weighted by Crippen LogP contribution is -2.21. The van der Waals surface area contributed by atoms with Gasteiger partial charge in [-0.05, 0) is 5.41 Å². The van der Waals surface area contributed by atoms with E-state index in [1.165, 1.54) is 7.11 Å². The first-order valence-electron chi connectivity index (χ1n) is 5.17. The molecule has 0 aliphatic heterocycles. The van der Waals surface area contributed by atoms with Crippen molar-refractivity contribution in [2.24, 2.45) is 17.3 Å². The molecule has 0 aromatic rings.